The number of rotatable bonds is 7. The number of ketones is 2. The molecule has 0 spiro atoms. The lowest BCUT2D eigenvalue weighted by molar-refractivity contribution is -0.0656. The van der Waals surface area contributed by atoms with Gasteiger partial charge in [0.25, 0.3) is 5.88 Å². The summed E-state index contributed by atoms with van der Waals surface area (Å²) in [6, 6.07) is 18.3. The predicted molar refractivity (Wildman–Crippen MR) is 162 cm³/mol. The number of pyridine rings is 1. The molecule has 2 heterocycles. The number of benzene rings is 2. The highest BCUT2D eigenvalue weighted by molar-refractivity contribution is 6.16. The van der Waals surface area contributed by atoms with E-state index in [0.717, 1.165) is 11.1 Å². The number of Topliss-reactive ketones (excluding diaryl/α,β-unsaturated/α-hetero) is 2. The molecule has 4 atom stereocenters. The maximum atomic E-state index is 14.3. The van der Waals surface area contributed by atoms with E-state index < -0.39 is 40.3 Å². The summed E-state index contributed by atoms with van der Waals surface area (Å²) in [5, 5.41) is 28.4. The fraction of sp³-hybridized carbons (Fsp3) is 0.314. The third kappa shape index (κ3) is 4.47. The van der Waals surface area contributed by atoms with Crippen molar-refractivity contribution >= 4 is 11.6 Å². The number of aromatic nitrogens is 2. The first-order chi connectivity index (χ1) is 21.6. The standard InChI is InChI=1S/C35H33N3O7/c1-34-14-22-16-36-17-24(43-18-20-10-6-4-7-11-20)25(22)29(39)27(34)32(41)35(42)23(15-34)28(38(2)3)30-26(31(35)40)33(37-45-30)44-19-21-12-8-5-9-13-21/h4-13,16-17,23,28,41-42H,14-15,18-19H2,1-3H3/t23-,28-,34-,35+/m0/s1. The first-order valence-corrected chi connectivity index (χ1v) is 14.9. The number of fused-ring (bicyclic) bond motifs is 4. The largest absolute Gasteiger partial charge is 0.508 e. The maximum absolute atomic E-state index is 14.3. The lowest BCUT2D eigenvalue weighted by Gasteiger charge is -2.52. The molecule has 0 aliphatic heterocycles. The van der Waals surface area contributed by atoms with Gasteiger partial charge in [0, 0.05) is 23.1 Å². The zero-order valence-electron chi connectivity index (χ0n) is 25.2. The van der Waals surface area contributed by atoms with Crippen LogP contribution in [0.25, 0.3) is 0 Å². The number of hydrogen-bond acceptors (Lipinski definition) is 10. The Morgan fingerprint density at radius 3 is 2.24 bits per heavy atom. The van der Waals surface area contributed by atoms with E-state index in [0.29, 0.717) is 12.0 Å². The summed E-state index contributed by atoms with van der Waals surface area (Å²) in [4.78, 5) is 34.8. The fourth-order valence-electron chi connectivity index (χ4n) is 7.30. The molecule has 0 fully saturated rings. The Morgan fingerprint density at radius 2 is 1.60 bits per heavy atom. The van der Waals surface area contributed by atoms with E-state index in [1.165, 1.54) is 6.20 Å². The molecule has 0 saturated carbocycles. The second-order valence-electron chi connectivity index (χ2n) is 12.6. The molecular formula is C35H33N3O7. The van der Waals surface area contributed by atoms with Gasteiger partial charge in [-0.1, -0.05) is 67.6 Å². The van der Waals surface area contributed by atoms with Gasteiger partial charge in [-0.3, -0.25) is 19.5 Å². The highest BCUT2D eigenvalue weighted by atomic mass is 16.5. The molecule has 0 bridgehead atoms. The highest BCUT2D eigenvalue weighted by Crippen LogP contribution is 2.60. The molecule has 0 saturated heterocycles. The summed E-state index contributed by atoms with van der Waals surface area (Å²) in [5.41, 5.74) is -0.661. The molecular weight excluding hydrogens is 574 g/mol. The van der Waals surface area contributed by atoms with Crippen LogP contribution in [0.4, 0.5) is 0 Å². The summed E-state index contributed by atoms with van der Waals surface area (Å²) in [6.45, 7) is 2.20. The van der Waals surface area contributed by atoms with Gasteiger partial charge >= 0.3 is 0 Å². The summed E-state index contributed by atoms with van der Waals surface area (Å²) in [7, 11) is 3.61. The van der Waals surface area contributed by atoms with Gasteiger partial charge in [0.05, 0.1) is 17.8 Å². The third-order valence-electron chi connectivity index (χ3n) is 9.35. The Bertz CT molecular complexity index is 1830. The highest BCUT2D eigenvalue weighted by Gasteiger charge is 2.66. The number of hydrogen-bond donors (Lipinski definition) is 2. The quantitative estimate of drug-likeness (QED) is 0.294. The van der Waals surface area contributed by atoms with Gasteiger partial charge in [-0.05, 0) is 48.8 Å². The molecule has 10 nitrogen and oxygen atoms in total. The Kier molecular flexibility index (Phi) is 6.87. The molecule has 0 unspecified atom stereocenters. The van der Waals surface area contributed by atoms with Crippen LogP contribution in [0.5, 0.6) is 11.6 Å². The van der Waals surface area contributed by atoms with Crippen LogP contribution in [0.2, 0.25) is 0 Å². The second-order valence-corrected chi connectivity index (χ2v) is 12.6. The lowest BCUT2D eigenvalue weighted by Crippen LogP contribution is -2.61. The Hall–Kier alpha value is -4.80. The number of nitrogens with zero attached hydrogens (tertiary/aromatic N) is 3. The van der Waals surface area contributed by atoms with Crippen LogP contribution in [0.3, 0.4) is 0 Å². The van der Waals surface area contributed by atoms with E-state index in [-0.39, 0.29) is 53.7 Å². The average molecular weight is 608 g/mol. The van der Waals surface area contributed by atoms with Crippen molar-refractivity contribution in [2.24, 2.45) is 11.3 Å². The van der Waals surface area contributed by atoms with Crippen molar-refractivity contribution in [3.8, 4) is 11.6 Å². The number of aliphatic hydroxyl groups is 2. The van der Waals surface area contributed by atoms with Crippen molar-refractivity contribution in [3.05, 3.63) is 118 Å². The van der Waals surface area contributed by atoms with Crippen molar-refractivity contribution < 1.29 is 33.8 Å². The van der Waals surface area contributed by atoms with Crippen LogP contribution in [-0.2, 0) is 19.6 Å². The van der Waals surface area contributed by atoms with E-state index >= 15 is 0 Å². The van der Waals surface area contributed by atoms with E-state index in [1.54, 1.807) is 20.3 Å². The Balaban J connectivity index is 1.30. The molecule has 3 aliphatic carbocycles. The Labute approximate surface area is 259 Å². The van der Waals surface area contributed by atoms with Gasteiger partial charge < -0.3 is 24.2 Å². The van der Waals surface area contributed by atoms with Crippen molar-refractivity contribution in [2.45, 2.75) is 44.6 Å². The third-order valence-corrected chi connectivity index (χ3v) is 9.35. The first kappa shape index (κ1) is 28.9. The second kappa shape index (κ2) is 10.7. The zero-order valence-corrected chi connectivity index (χ0v) is 25.2. The minimum absolute atomic E-state index is 0.00188. The normalized spacial score (nSPS) is 25.4. The molecule has 7 rings (SSSR count). The van der Waals surface area contributed by atoms with Crippen molar-refractivity contribution in [3.63, 3.8) is 0 Å². The average Bonchev–Trinajstić information content (AvgIpc) is 3.45. The van der Waals surface area contributed by atoms with Gasteiger partial charge in [0.2, 0.25) is 5.78 Å². The van der Waals surface area contributed by atoms with Crippen LogP contribution in [0.15, 0.2) is 88.9 Å². The van der Waals surface area contributed by atoms with Crippen LogP contribution in [0, 0.1) is 11.3 Å². The molecule has 10 heteroatoms. The molecule has 45 heavy (non-hydrogen) atoms. The van der Waals surface area contributed by atoms with Gasteiger partial charge in [0.15, 0.2) is 17.1 Å². The molecule has 2 aromatic heterocycles. The van der Waals surface area contributed by atoms with Crippen LogP contribution in [0.1, 0.15) is 62.6 Å². The minimum Gasteiger partial charge on any atom is -0.508 e. The number of ether oxygens (including phenoxy) is 2. The number of aliphatic hydroxyl groups excluding tert-OH is 1. The van der Waals surface area contributed by atoms with Crippen LogP contribution < -0.4 is 9.47 Å². The van der Waals surface area contributed by atoms with E-state index in [2.05, 4.69) is 10.1 Å². The minimum atomic E-state index is -2.42. The first-order valence-electron chi connectivity index (χ1n) is 14.9. The molecule has 4 aromatic rings. The van der Waals surface area contributed by atoms with Crippen molar-refractivity contribution in [2.75, 3.05) is 14.1 Å². The van der Waals surface area contributed by atoms with E-state index in [1.807, 2.05) is 72.5 Å². The molecule has 0 amide bonds. The molecule has 0 radical (unpaired) electrons. The van der Waals surface area contributed by atoms with Crippen LogP contribution in [-0.4, -0.2) is 56.5 Å². The van der Waals surface area contributed by atoms with Gasteiger partial charge in [-0.2, -0.15) is 0 Å². The van der Waals surface area contributed by atoms with Crippen LogP contribution >= 0.6 is 0 Å². The molecule has 230 valence electrons. The van der Waals surface area contributed by atoms with Crippen molar-refractivity contribution in [1.29, 1.82) is 0 Å². The van der Waals surface area contributed by atoms with E-state index in [4.69, 9.17) is 14.0 Å². The molecule has 2 aromatic carbocycles. The zero-order chi connectivity index (χ0) is 31.5. The van der Waals surface area contributed by atoms with Gasteiger partial charge in [0.1, 0.15) is 30.3 Å². The monoisotopic (exact) mass is 607 g/mol. The summed E-state index contributed by atoms with van der Waals surface area (Å²) in [5.74, 6) is -2.37. The van der Waals surface area contributed by atoms with Gasteiger partial charge in [-0.15, -0.1) is 0 Å². The molecule has 3 aliphatic rings. The SMILES string of the molecule is CN(C)[C@@H]1c2onc(OCc3ccccc3)c2C(=O)[C@@]2(O)C(O)=C3C(=O)c4c(cncc4OCc4ccccc4)C[C@@]3(C)C[C@@H]12. The smallest absolute Gasteiger partial charge is 0.265 e. The number of carbonyl (C=O) groups is 2. The number of allylic oxidation sites excluding steroid dienone is 1. The Morgan fingerprint density at radius 1 is 0.956 bits per heavy atom. The maximum Gasteiger partial charge on any atom is 0.265 e. The summed E-state index contributed by atoms with van der Waals surface area (Å²) >= 11 is 0. The topological polar surface area (TPSA) is 135 Å². The molecule has 2 N–H and O–H groups in total. The van der Waals surface area contributed by atoms with Crippen molar-refractivity contribution in [1.82, 2.24) is 15.0 Å². The number of carbonyl (C=O) groups excluding carboxylic acids is 2. The summed E-state index contributed by atoms with van der Waals surface area (Å²) in [6.07, 6.45) is 3.67. The summed E-state index contributed by atoms with van der Waals surface area (Å²) < 4.78 is 17.7. The fourth-order valence-corrected chi connectivity index (χ4v) is 7.30. The van der Waals surface area contributed by atoms with E-state index in [9.17, 15) is 19.8 Å². The van der Waals surface area contributed by atoms with Gasteiger partial charge in [-0.25, -0.2) is 0 Å². The lowest BCUT2D eigenvalue weighted by atomic mass is 9.53. The predicted octanol–water partition coefficient (Wildman–Crippen LogP) is 5.04.